The van der Waals surface area contributed by atoms with Gasteiger partial charge in [-0.05, 0) is 78.1 Å². The Morgan fingerprint density at radius 1 is 0.698 bits per heavy atom. The molecule has 0 amide bonds. The number of anilines is 2. The van der Waals surface area contributed by atoms with Crippen LogP contribution in [0.3, 0.4) is 0 Å². The van der Waals surface area contributed by atoms with E-state index in [9.17, 15) is 0 Å². The molecule has 0 N–H and O–H groups in total. The fourth-order valence-electron chi connectivity index (χ4n) is 7.80. The first-order chi connectivity index (χ1) is 25.7. The average molecular weight is 689 g/mol. The van der Waals surface area contributed by atoms with Crippen LogP contribution in [0.4, 0.5) is 11.4 Å². The summed E-state index contributed by atoms with van der Waals surface area (Å²) in [5.74, 6) is 0. The van der Waals surface area contributed by atoms with Crippen molar-refractivity contribution in [2.75, 3.05) is 4.90 Å². The van der Waals surface area contributed by atoms with E-state index in [1.807, 2.05) is 12.1 Å². The normalized spacial score (nSPS) is 12.6. The number of fused-ring (bicyclic) bond motifs is 6. The predicted octanol–water partition coefficient (Wildman–Crippen LogP) is 12.3. The summed E-state index contributed by atoms with van der Waals surface area (Å²) in [6.07, 6.45) is 3.51. The van der Waals surface area contributed by atoms with Crippen molar-refractivity contribution in [1.29, 1.82) is 0 Å². The fraction of sp³-hybridized carbons (Fsp3) is 0.102. The molecule has 0 aliphatic heterocycles. The molecule has 6 aromatic carbocycles. The number of hydrogen-bond donors (Lipinski definition) is 0. The van der Waals surface area contributed by atoms with Gasteiger partial charge in [0.1, 0.15) is 5.58 Å². The number of para-hydroxylation sites is 4. The van der Waals surface area contributed by atoms with Gasteiger partial charge in [0.2, 0.25) is 0 Å². The van der Waals surface area contributed by atoms with E-state index in [1.54, 1.807) is 12.3 Å². The lowest BCUT2D eigenvalue weighted by Gasteiger charge is -2.28. The molecule has 4 heteroatoms. The molecule has 3 aromatic heterocycles. The summed E-state index contributed by atoms with van der Waals surface area (Å²) in [6.45, 7) is 17.3. The molecule has 0 saturated carbocycles. The second kappa shape index (κ2) is 12.3. The third-order valence-corrected chi connectivity index (χ3v) is 10.5. The van der Waals surface area contributed by atoms with E-state index in [4.69, 9.17) is 8.83 Å². The average Bonchev–Trinajstić information content (AvgIpc) is 3.85. The van der Waals surface area contributed by atoms with Crippen molar-refractivity contribution in [3.8, 4) is 16.8 Å². The second-order valence-electron chi connectivity index (χ2n) is 14.8. The molecular weight excluding hydrogens is 649 g/mol. The van der Waals surface area contributed by atoms with Gasteiger partial charge in [0.05, 0.1) is 34.4 Å². The van der Waals surface area contributed by atoms with Gasteiger partial charge in [-0.15, -0.1) is 0 Å². The molecule has 9 rings (SSSR count). The summed E-state index contributed by atoms with van der Waals surface area (Å²) in [6, 6.07) is 47.6. The molecule has 0 bridgehead atoms. The molecular formula is C49H40N2O2. The lowest BCUT2D eigenvalue weighted by Crippen LogP contribution is -2.29. The minimum atomic E-state index is 0.00933. The molecule has 0 saturated heterocycles. The van der Waals surface area contributed by atoms with Gasteiger partial charge in [0, 0.05) is 43.6 Å². The summed E-state index contributed by atoms with van der Waals surface area (Å²) >= 11 is 0. The molecule has 4 nitrogen and oxygen atoms in total. The molecule has 0 fully saturated rings. The minimum absolute atomic E-state index is 0.00933. The van der Waals surface area contributed by atoms with Crippen LogP contribution in [0, 0.1) is 0 Å². The van der Waals surface area contributed by atoms with E-state index in [1.165, 1.54) is 27.4 Å². The van der Waals surface area contributed by atoms with Crippen LogP contribution in [-0.4, -0.2) is 4.57 Å². The zero-order chi connectivity index (χ0) is 36.4. The first-order valence-corrected chi connectivity index (χ1v) is 18.1. The highest BCUT2D eigenvalue weighted by Crippen LogP contribution is 2.44. The SMILES string of the molecule is C=Cc1co/c(=C(/C)N(c2ccccc2-c2ccc3c(c2)c2cc(C(C)(C)C)ccc2n3-c2ccccc2)c2cccc3c2oc2ccccc23)c1=C. The van der Waals surface area contributed by atoms with Crippen LogP contribution < -0.4 is 15.5 Å². The number of aromatic nitrogens is 1. The molecule has 53 heavy (non-hydrogen) atoms. The first-order valence-electron chi connectivity index (χ1n) is 18.1. The lowest BCUT2D eigenvalue weighted by atomic mass is 9.86. The van der Waals surface area contributed by atoms with Gasteiger partial charge in [0.15, 0.2) is 11.0 Å². The summed E-state index contributed by atoms with van der Waals surface area (Å²) in [7, 11) is 0. The van der Waals surface area contributed by atoms with E-state index in [-0.39, 0.29) is 5.41 Å². The predicted molar refractivity (Wildman–Crippen MR) is 223 cm³/mol. The van der Waals surface area contributed by atoms with Gasteiger partial charge in [0.25, 0.3) is 0 Å². The largest absolute Gasteiger partial charge is 0.462 e. The van der Waals surface area contributed by atoms with Crippen LogP contribution in [0.1, 0.15) is 38.8 Å². The molecule has 0 unspecified atom stereocenters. The monoisotopic (exact) mass is 688 g/mol. The highest BCUT2D eigenvalue weighted by Gasteiger charge is 2.24. The summed E-state index contributed by atoms with van der Waals surface area (Å²) < 4.78 is 15.3. The fourth-order valence-corrected chi connectivity index (χ4v) is 7.80. The standard InChI is InChI=1S/C49H40N2O2/c1-7-33-30-52-47(31(33)2)32(3)50(45-22-15-20-39-38-19-12-14-23-46(38)53-48(39)45)42-21-13-11-18-37(42)34-24-26-43-40(28-34)41-29-35(49(4,5)6)25-27-44(41)51(43)36-16-9-8-10-17-36/h7-30H,1-2H2,3-6H3/b47-32-. The Bertz CT molecular complexity index is 2990. The lowest BCUT2D eigenvalue weighted by molar-refractivity contribution is 0.526. The molecule has 9 aromatic rings. The third kappa shape index (κ3) is 5.21. The maximum absolute atomic E-state index is 6.64. The van der Waals surface area contributed by atoms with E-state index < -0.39 is 0 Å². The van der Waals surface area contributed by atoms with E-state index in [2.05, 4.69) is 172 Å². The first kappa shape index (κ1) is 32.4. The van der Waals surface area contributed by atoms with Crippen molar-refractivity contribution in [3.63, 3.8) is 0 Å². The number of rotatable bonds is 6. The molecule has 0 radical (unpaired) electrons. The Morgan fingerprint density at radius 3 is 2.15 bits per heavy atom. The highest BCUT2D eigenvalue weighted by atomic mass is 16.3. The van der Waals surface area contributed by atoms with E-state index in [0.29, 0.717) is 5.42 Å². The van der Waals surface area contributed by atoms with Crippen LogP contribution in [0.2, 0.25) is 0 Å². The van der Waals surface area contributed by atoms with Crippen molar-refractivity contribution in [2.24, 2.45) is 0 Å². The Kier molecular flexibility index (Phi) is 7.53. The van der Waals surface area contributed by atoms with Gasteiger partial charge >= 0.3 is 0 Å². The maximum atomic E-state index is 6.64. The smallest absolute Gasteiger partial charge is 0.159 e. The van der Waals surface area contributed by atoms with Crippen LogP contribution in [0.5, 0.6) is 0 Å². The van der Waals surface area contributed by atoms with Gasteiger partial charge in [-0.25, -0.2) is 0 Å². The van der Waals surface area contributed by atoms with Gasteiger partial charge in [-0.3, -0.25) is 0 Å². The van der Waals surface area contributed by atoms with Crippen molar-refractivity contribution >= 4 is 73.5 Å². The second-order valence-corrected chi connectivity index (χ2v) is 14.8. The van der Waals surface area contributed by atoms with Crippen molar-refractivity contribution in [1.82, 2.24) is 4.57 Å². The van der Waals surface area contributed by atoms with Crippen LogP contribution in [0.15, 0.2) is 155 Å². The molecule has 3 heterocycles. The van der Waals surface area contributed by atoms with E-state index >= 15 is 0 Å². The summed E-state index contributed by atoms with van der Waals surface area (Å²) in [4.78, 5) is 2.26. The van der Waals surface area contributed by atoms with Gasteiger partial charge in [-0.2, -0.15) is 0 Å². The van der Waals surface area contributed by atoms with Crippen LogP contribution in [-0.2, 0) is 5.41 Å². The summed E-state index contributed by atoms with van der Waals surface area (Å²) in [5, 5.41) is 5.36. The Balaban J connectivity index is 1.33. The Labute approximate surface area is 308 Å². The van der Waals surface area contributed by atoms with Gasteiger partial charge in [-0.1, -0.05) is 119 Å². The number of furan rings is 2. The van der Waals surface area contributed by atoms with Crippen LogP contribution >= 0.6 is 0 Å². The Morgan fingerprint density at radius 2 is 1.38 bits per heavy atom. The quantitative estimate of drug-likeness (QED) is 0.174. The molecule has 0 spiro atoms. The highest BCUT2D eigenvalue weighted by molar-refractivity contribution is 6.13. The van der Waals surface area contributed by atoms with Crippen molar-refractivity contribution < 1.29 is 8.83 Å². The molecule has 0 atom stereocenters. The minimum Gasteiger partial charge on any atom is -0.462 e. The van der Waals surface area contributed by atoms with Crippen molar-refractivity contribution in [3.05, 3.63) is 168 Å². The molecule has 0 aliphatic carbocycles. The van der Waals surface area contributed by atoms with E-state index in [0.717, 1.165) is 66.6 Å². The van der Waals surface area contributed by atoms with Crippen LogP contribution in [0.25, 0.3) is 78.9 Å². The molecule has 0 aliphatic rings. The zero-order valence-electron chi connectivity index (χ0n) is 30.5. The van der Waals surface area contributed by atoms with Gasteiger partial charge < -0.3 is 18.3 Å². The number of benzene rings is 6. The number of nitrogens with zero attached hydrogens (tertiary/aromatic N) is 2. The number of hydrogen-bond acceptors (Lipinski definition) is 3. The zero-order valence-corrected chi connectivity index (χ0v) is 30.5. The Hall–Kier alpha value is -6.52. The molecule has 258 valence electrons. The maximum Gasteiger partial charge on any atom is 0.159 e. The third-order valence-electron chi connectivity index (χ3n) is 10.5. The van der Waals surface area contributed by atoms with Crippen molar-refractivity contribution in [2.45, 2.75) is 33.1 Å². The topological polar surface area (TPSA) is 34.5 Å². The summed E-state index contributed by atoms with van der Waals surface area (Å²) in [5.41, 5.74) is 13.0.